The third kappa shape index (κ3) is 4.84. The third-order valence-electron chi connectivity index (χ3n) is 2.90. The first-order chi connectivity index (χ1) is 11.0. The fraction of sp³-hybridized carbons (Fsp3) is 0.400. The van der Waals surface area contributed by atoms with E-state index in [1.54, 1.807) is 19.0 Å². The predicted octanol–water partition coefficient (Wildman–Crippen LogP) is 3.25. The molecule has 0 aliphatic rings. The molecule has 124 valence electrons. The smallest absolute Gasteiger partial charge is 0.235 e. The van der Waals surface area contributed by atoms with Crippen molar-refractivity contribution in [2.24, 2.45) is 0 Å². The van der Waals surface area contributed by atoms with Gasteiger partial charge < -0.3 is 15.0 Å². The van der Waals surface area contributed by atoms with Crippen LogP contribution in [0.1, 0.15) is 13.8 Å². The second kappa shape index (κ2) is 8.16. The van der Waals surface area contributed by atoms with Crippen LogP contribution < -0.4 is 10.1 Å². The molecule has 1 aromatic heterocycles. The number of anilines is 2. The number of carbonyl (C=O) groups is 1. The number of ether oxygens (including phenoxy) is 1. The van der Waals surface area contributed by atoms with Crippen molar-refractivity contribution in [3.05, 3.63) is 24.3 Å². The highest BCUT2D eigenvalue weighted by atomic mass is 32.2. The van der Waals surface area contributed by atoms with Gasteiger partial charge in [-0.3, -0.25) is 4.79 Å². The van der Waals surface area contributed by atoms with Crippen LogP contribution in [0.4, 0.5) is 10.8 Å². The second-order valence-electron chi connectivity index (χ2n) is 4.92. The van der Waals surface area contributed by atoms with Crippen molar-refractivity contribution in [3.63, 3.8) is 0 Å². The average molecular weight is 352 g/mol. The van der Waals surface area contributed by atoms with Crippen LogP contribution >= 0.6 is 23.1 Å². The summed E-state index contributed by atoms with van der Waals surface area (Å²) in [4.78, 5) is 13.5. The molecule has 1 aromatic carbocycles. The highest BCUT2D eigenvalue weighted by Crippen LogP contribution is 2.33. The molecule has 0 aliphatic carbocycles. The van der Waals surface area contributed by atoms with Gasteiger partial charge in [-0.1, -0.05) is 35.2 Å². The van der Waals surface area contributed by atoms with Crippen molar-refractivity contribution < 1.29 is 9.53 Å². The first kappa shape index (κ1) is 17.6. The molecule has 6 nitrogen and oxygen atoms in total. The molecule has 0 saturated carbocycles. The van der Waals surface area contributed by atoms with E-state index in [2.05, 4.69) is 15.5 Å². The van der Waals surface area contributed by atoms with Crippen molar-refractivity contribution in [2.75, 3.05) is 26.0 Å². The first-order valence-electron chi connectivity index (χ1n) is 7.21. The standard InChI is InChI=1S/C15H20N4O2S2/c1-5-21-12-9-7-6-8-11(12)16-14-17-18-15(23-14)22-10(2)13(20)19(3)4/h6-10H,5H2,1-4H3,(H,16,17). The Morgan fingerprint density at radius 3 is 2.83 bits per heavy atom. The number of amides is 1. The molecular weight excluding hydrogens is 332 g/mol. The Hall–Kier alpha value is -1.80. The Bertz CT molecular complexity index is 660. The number of aromatic nitrogens is 2. The summed E-state index contributed by atoms with van der Waals surface area (Å²) in [6, 6.07) is 7.68. The molecule has 0 saturated heterocycles. The number of hydrogen-bond donors (Lipinski definition) is 1. The van der Waals surface area contributed by atoms with Gasteiger partial charge in [0.25, 0.3) is 0 Å². The molecule has 1 heterocycles. The number of thioether (sulfide) groups is 1. The minimum absolute atomic E-state index is 0.0569. The second-order valence-corrected chi connectivity index (χ2v) is 7.49. The normalized spacial score (nSPS) is 11.8. The minimum atomic E-state index is -0.193. The lowest BCUT2D eigenvalue weighted by Gasteiger charge is -2.14. The highest BCUT2D eigenvalue weighted by Gasteiger charge is 2.18. The summed E-state index contributed by atoms with van der Waals surface area (Å²) in [6.07, 6.45) is 0. The molecule has 1 unspecified atom stereocenters. The maximum absolute atomic E-state index is 11.9. The van der Waals surface area contributed by atoms with Crippen molar-refractivity contribution in [3.8, 4) is 5.75 Å². The Labute approximate surface area is 144 Å². The number of nitrogens with zero attached hydrogens (tertiary/aromatic N) is 3. The lowest BCUT2D eigenvalue weighted by molar-refractivity contribution is -0.127. The summed E-state index contributed by atoms with van der Waals surface area (Å²) >= 11 is 2.82. The number of carbonyl (C=O) groups excluding carboxylic acids is 1. The summed E-state index contributed by atoms with van der Waals surface area (Å²) < 4.78 is 6.33. The number of hydrogen-bond acceptors (Lipinski definition) is 7. The van der Waals surface area contributed by atoms with Gasteiger partial charge >= 0.3 is 0 Å². The summed E-state index contributed by atoms with van der Waals surface area (Å²) in [7, 11) is 3.49. The van der Waals surface area contributed by atoms with Gasteiger partial charge in [-0.05, 0) is 26.0 Å². The monoisotopic (exact) mass is 352 g/mol. The number of rotatable bonds is 7. The van der Waals surface area contributed by atoms with Crippen LogP contribution in [0.2, 0.25) is 0 Å². The van der Waals surface area contributed by atoms with E-state index in [1.165, 1.54) is 23.1 Å². The number of nitrogens with one attached hydrogen (secondary N) is 1. The Morgan fingerprint density at radius 1 is 1.39 bits per heavy atom. The summed E-state index contributed by atoms with van der Waals surface area (Å²) in [5.41, 5.74) is 0.847. The molecule has 1 N–H and O–H groups in total. The van der Waals surface area contributed by atoms with Gasteiger partial charge in [0.15, 0.2) is 4.34 Å². The molecular formula is C15H20N4O2S2. The van der Waals surface area contributed by atoms with Crippen molar-refractivity contribution in [2.45, 2.75) is 23.4 Å². The average Bonchev–Trinajstić information content (AvgIpc) is 2.95. The van der Waals surface area contributed by atoms with E-state index in [4.69, 9.17) is 4.74 Å². The van der Waals surface area contributed by atoms with Gasteiger partial charge in [0.05, 0.1) is 17.5 Å². The van der Waals surface area contributed by atoms with Gasteiger partial charge in [-0.2, -0.15) is 0 Å². The lowest BCUT2D eigenvalue weighted by atomic mass is 10.3. The maximum atomic E-state index is 11.9. The van der Waals surface area contributed by atoms with Crippen LogP contribution in [0.3, 0.4) is 0 Å². The molecule has 8 heteroatoms. The van der Waals surface area contributed by atoms with Crippen LogP contribution in [-0.4, -0.2) is 47.0 Å². The zero-order valence-corrected chi connectivity index (χ0v) is 15.2. The van der Waals surface area contributed by atoms with Crippen LogP contribution in [0.15, 0.2) is 28.6 Å². The van der Waals surface area contributed by atoms with Gasteiger partial charge in [-0.25, -0.2) is 0 Å². The molecule has 23 heavy (non-hydrogen) atoms. The lowest BCUT2D eigenvalue weighted by Crippen LogP contribution is -2.29. The Balaban J connectivity index is 2.04. The van der Waals surface area contributed by atoms with Crippen LogP contribution in [0.5, 0.6) is 5.75 Å². The molecule has 0 bridgehead atoms. The molecule has 0 radical (unpaired) electrons. The summed E-state index contributed by atoms with van der Waals surface area (Å²) in [5, 5.41) is 11.9. The maximum Gasteiger partial charge on any atom is 0.235 e. The predicted molar refractivity (Wildman–Crippen MR) is 94.8 cm³/mol. The van der Waals surface area contributed by atoms with E-state index in [1.807, 2.05) is 38.1 Å². The fourth-order valence-corrected chi connectivity index (χ4v) is 3.89. The largest absolute Gasteiger partial charge is 0.492 e. The summed E-state index contributed by atoms with van der Waals surface area (Å²) in [6.45, 7) is 4.41. The van der Waals surface area contributed by atoms with E-state index in [9.17, 15) is 4.79 Å². The zero-order chi connectivity index (χ0) is 16.8. The van der Waals surface area contributed by atoms with Gasteiger partial charge in [0.1, 0.15) is 5.75 Å². The fourth-order valence-electron chi connectivity index (χ4n) is 1.84. The Morgan fingerprint density at radius 2 is 2.13 bits per heavy atom. The minimum Gasteiger partial charge on any atom is -0.492 e. The van der Waals surface area contributed by atoms with Crippen molar-refractivity contribution >= 4 is 39.8 Å². The Kier molecular flexibility index (Phi) is 6.23. The molecule has 1 atom stereocenters. The van der Waals surface area contributed by atoms with E-state index >= 15 is 0 Å². The molecule has 2 aromatic rings. The topological polar surface area (TPSA) is 67.3 Å². The molecule has 2 rings (SSSR count). The quantitative estimate of drug-likeness (QED) is 0.772. The SMILES string of the molecule is CCOc1ccccc1Nc1nnc(SC(C)C(=O)N(C)C)s1. The molecule has 1 amide bonds. The van der Waals surface area contributed by atoms with Crippen LogP contribution in [0, 0.1) is 0 Å². The first-order valence-corrected chi connectivity index (χ1v) is 8.91. The van der Waals surface area contributed by atoms with Gasteiger partial charge in [-0.15, -0.1) is 10.2 Å². The van der Waals surface area contributed by atoms with E-state index in [0.29, 0.717) is 11.7 Å². The molecule has 0 fully saturated rings. The van der Waals surface area contributed by atoms with Crippen LogP contribution in [-0.2, 0) is 4.79 Å². The number of benzene rings is 1. The molecule has 0 aliphatic heterocycles. The molecule has 0 spiro atoms. The van der Waals surface area contributed by atoms with E-state index in [-0.39, 0.29) is 11.2 Å². The van der Waals surface area contributed by atoms with Gasteiger partial charge in [0.2, 0.25) is 11.0 Å². The number of para-hydroxylation sites is 2. The van der Waals surface area contributed by atoms with E-state index in [0.717, 1.165) is 15.8 Å². The van der Waals surface area contributed by atoms with Crippen LogP contribution in [0.25, 0.3) is 0 Å². The zero-order valence-electron chi connectivity index (χ0n) is 13.6. The van der Waals surface area contributed by atoms with E-state index < -0.39 is 0 Å². The van der Waals surface area contributed by atoms with Gasteiger partial charge in [0, 0.05) is 14.1 Å². The van der Waals surface area contributed by atoms with Crippen molar-refractivity contribution in [1.82, 2.24) is 15.1 Å². The third-order valence-corrected chi connectivity index (χ3v) is 4.91. The van der Waals surface area contributed by atoms with Crippen molar-refractivity contribution in [1.29, 1.82) is 0 Å². The highest BCUT2D eigenvalue weighted by molar-refractivity contribution is 8.02. The summed E-state index contributed by atoms with van der Waals surface area (Å²) in [5.74, 6) is 0.831.